The molecule has 16 heavy (non-hydrogen) atoms. The van der Waals surface area contributed by atoms with Gasteiger partial charge in [-0.25, -0.2) is 0 Å². The Kier molecular flexibility index (Phi) is 2.96. The van der Waals surface area contributed by atoms with Crippen molar-refractivity contribution in [2.75, 3.05) is 11.9 Å². The molecule has 1 aromatic carbocycles. The lowest BCUT2D eigenvalue weighted by Gasteiger charge is -2.28. The van der Waals surface area contributed by atoms with Crippen molar-refractivity contribution in [3.05, 3.63) is 28.8 Å². The van der Waals surface area contributed by atoms with E-state index in [0.29, 0.717) is 0 Å². The van der Waals surface area contributed by atoms with Crippen LogP contribution < -0.4 is 5.32 Å². The van der Waals surface area contributed by atoms with Crippen LogP contribution in [0.15, 0.2) is 12.1 Å². The Morgan fingerprint density at radius 1 is 1.25 bits per heavy atom. The number of nitrogens with one attached hydrogen (secondary N) is 1. The Hall–Kier alpha value is -0.980. The van der Waals surface area contributed by atoms with Gasteiger partial charge in [0.2, 0.25) is 0 Å². The van der Waals surface area contributed by atoms with Gasteiger partial charge in [0, 0.05) is 12.2 Å². The van der Waals surface area contributed by atoms with E-state index in [4.69, 9.17) is 0 Å². The maximum absolute atomic E-state index is 3.52. The van der Waals surface area contributed by atoms with Gasteiger partial charge in [0.1, 0.15) is 0 Å². The zero-order valence-electron chi connectivity index (χ0n) is 11.0. The topological polar surface area (TPSA) is 12.0 Å². The van der Waals surface area contributed by atoms with Gasteiger partial charge in [-0.2, -0.15) is 0 Å². The van der Waals surface area contributed by atoms with Crippen LogP contribution in [0.4, 0.5) is 5.69 Å². The van der Waals surface area contributed by atoms with Gasteiger partial charge in [-0.15, -0.1) is 0 Å². The summed E-state index contributed by atoms with van der Waals surface area (Å²) in [7, 11) is 0. The molecule has 0 fully saturated rings. The van der Waals surface area contributed by atoms with Crippen LogP contribution in [-0.2, 0) is 18.3 Å². The Balaban J connectivity index is 2.56. The molecule has 0 bridgehead atoms. The van der Waals surface area contributed by atoms with Crippen LogP contribution in [0, 0.1) is 0 Å². The average Bonchev–Trinajstić information content (AvgIpc) is 2.26. The molecular formula is C15H23N. The molecule has 1 aliphatic heterocycles. The van der Waals surface area contributed by atoms with Gasteiger partial charge in [-0.1, -0.05) is 33.8 Å². The van der Waals surface area contributed by atoms with E-state index in [1.165, 1.54) is 24.1 Å². The molecular weight excluding hydrogens is 194 g/mol. The van der Waals surface area contributed by atoms with Crippen molar-refractivity contribution in [3.63, 3.8) is 0 Å². The molecule has 1 heteroatoms. The highest BCUT2D eigenvalue weighted by atomic mass is 14.9. The molecule has 0 radical (unpaired) electrons. The third kappa shape index (κ3) is 1.95. The van der Waals surface area contributed by atoms with E-state index in [9.17, 15) is 0 Å². The van der Waals surface area contributed by atoms with Crippen LogP contribution in [0.1, 0.15) is 50.8 Å². The second-order valence-electron chi connectivity index (χ2n) is 5.75. The summed E-state index contributed by atoms with van der Waals surface area (Å²) in [4.78, 5) is 0. The number of benzene rings is 1. The number of anilines is 1. The van der Waals surface area contributed by atoms with Crippen molar-refractivity contribution in [3.8, 4) is 0 Å². The van der Waals surface area contributed by atoms with E-state index < -0.39 is 0 Å². The van der Waals surface area contributed by atoms with Crippen LogP contribution in [0.2, 0.25) is 0 Å². The van der Waals surface area contributed by atoms with Crippen LogP contribution in [0.25, 0.3) is 0 Å². The van der Waals surface area contributed by atoms with E-state index in [1.54, 1.807) is 11.1 Å². The maximum Gasteiger partial charge on any atom is 0.0375 e. The first-order valence-electron chi connectivity index (χ1n) is 6.43. The molecule has 0 aliphatic carbocycles. The van der Waals surface area contributed by atoms with Crippen molar-refractivity contribution < 1.29 is 0 Å². The van der Waals surface area contributed by atoms with Crippen molar-refractivity contribution in [1.82, 2.24) is 0 Å². The summed E-state index contributed by atoms with van der Waals surface area (Å²) in [5, 5.41) is 3.52. The second kappa shape index (κ2) is 4.12. The molecule has 0 atom stereocenters. The molecule has 1 aromatic rings. The van der Waals surface area contributed by atoms with Gasteiger partial charge in [-0.05, 0) is 47.4 Å². The highest BCUT2D eigenvalue weighted by Crippen LogP contribution is 2.34. The first-order valence-corrected chi connectivity index (χ1v) is 6.43. The number of hydrogen-bond donors (Lipinski definition) is 1. The van der Waals surface area contributed by atoms with E-state index >= 15 is 0 Å². The first-order chi connectivity index (χ1) is 7.54. The Morgan fingerprint density at radius 3 is 2.62 bits per heavy atom. The number of hydrogen-bond acceptors (Lipinski definition) is 1. The molecule has 1 heterocycles. The summed E-state index contributed by atoms with van der Waals surface area (Å²) in [6, 6.07) is 4.59. The fourth-order valence-corrected chi connectivity index (χ4v) is 2.74. The molecule has 2 rings (SSSR count). The Bertz CT molecular complexity index is 385. The monoisotopic (exact) mass is 217 g/mol. The summed E-state index contributed by atoms with van der Waals surface area (Å²) >= 11 is 0. The van der Waals surface area contributed by atoms with Gasteiger partial charge >= 0.3 is 0 Å². The summed E-state index contributed by atoms with van der Waals surface area (Å²) < 4.78 is 0. The SMILES string of the molecule is CCc1c(C(C)(C)C)ccc2c1CCCN2. The average molecular weight is 217 g/mol. The molecule has 0 saturated heterocycles. The molecule has 1 N–H and O–H groups in total. The number of rotatable bonds is 1. The second-order valence-corrected chi connectivity index (χ2v) is 5.75. The van der Waals surface area contributed by atoms with Crippen LogP contribution in [0.5, 0.6) is 0 Å². The summed E-state index contributed by atoms with van der Waals surface area (Å²) in [5.41, 5.74) is 6.31. The molecule has 0 saturated carbocycles. The molecule has 88 valence electrons. The molecule has 0 amide bonds. The minimum absolute atomic E-state index is 0.262. The molecule has 0 unspecified atom stereocenters. The lowest BCUT2D eigenvalue weighted by Crippen LogP contribution is -2.19. The zero-order chi connectivity index (χ0) is 11.8. The van der Waals surface area contributed by atoms with E-state index in [2.05, 4.69) is 45.1 Å². The van der Waals surface area contributed by atoms with Crippen LogP contribution in [0.3, 0.4) is 0 Å². The maximum atomic E-state index is 3.52. The lowest BCUT2D eigenvalue weighted by molar-refractivity contribution is 0.581. The van der Waals surface area contributed by atoms with Crippen molar-refractivity contribution in [2.24, 2.45) is 0 Å². The standard InChI is InChI=1S/C15H23N/c1-5-11-12-7-6-10-16-14(12)9-8-13(11)15(2,3)4/h8-9,16H,5-7,10H2,1-4H3. The largest absolute Gasteiger partial charge is 0.385 e. The molecule has 1 nitrogen and oxygen atoms in total. The van der Waals surface area contributed by atoms with Gasteiger partial charge < -0.3 is 5.32 Å². The van der Waals surface area contributed by atoms with Gasteiger partial charge in [-0.3, -0.25) is 0 Å². The third-order valence-corrected chi connectivity index (χ3v) is 3.51. The summed E-state index contributed by atoms with van der Waals surface area (Å²) in [5.74, 6) is 0. The number of fused-ring (bicyclic) bond motifs is 1. The van der Waals surface area contributed by atoms with Gasteiger partial charge in [0.25, 0.3) is 0 Å². The smallest absolute Gasteiger partial charge is 0.0375 e. The predicted octanol–water partition coefficient (Wildman–Crippen LogP) is 3.90. The zero-order valence-corrected chi connectivity index (χ0v) is 11.0. The Labute approximate surface area is 99.3 Å². The van der Waals surface area contributed by atoms with Gasteiger partial charge in [0.15, 0.2) is 0 Å². The minimum Gasteiger partial charge on any atom is -0.385 e. The third-order valence-electron chi connectivity index (χ3n) is 3.51. The fraction of sp³-hybridized carbons (Fsp3) is 0.600. The highest BCUT2D eigenvalue weighted by Gasteiger charge is 2.22. The molecule has 0 aromatic heterocycles. The normalized spacial score (nSPS) is 15.5. The quantitative estimate of drug-likeness (QED) is 0.752. The van der Waals surface area contributed by atoms with Crippen molar-refractivity contribution >= 4 is 5.69 Å². The van der Waals surface area contributed by atoms with Crippen LogP contribution in [-0.4, -0.2) is 6.54 Å². The van der Waals surface area contributed by atoms with Crippen molar-refractivity contribution in [1.29, 1.82) is 0 Å². The van der Waals surface area contributed by atoms with Crippen LogP contribution >= 0.6 is 0 Å². The van der Waals surface area contributed by atoms with E-state index in [1.807, 2.05) is 0 Å². The molecule has 0 spiro atoms. The first kappa shape index (κ1) is 11.5. The van der Waals surface area contributed by atoms with Crippen molar-refractivity contribution in [2.45, 2.75) is 52.4 Å². The highest BCUT2D eigenvalue weighted by molar-refractivity contribution is 5.59. The summed E-state index contributed by atoms with van der Waals surface area (Å²) in [6.45, 7) is 10.3. The fourth-order valence-electron chi connectivity index (χ4n) is 2.74. The predicted molar refractivity (Wildman–Crippen MR) is 71.3 cm³/mol. The van der Waals surface area contributed by atoms with Gasteiger partial charge in [0.05, 0.1) is 0 Å². The molecule has 1 aliphatic rings. The summed E-state index contributed by atoms with van der Waals surface area (Å²) in [6.07, 6.45) is 3.67. The Morgan fingerprint density at radius 2 is 2.00 bits per heavy atom. The lowest BCUT2D eigenvalue weighted by atomic mass is 9.79. The minimum atomic E-state index is 0.262. The van der Waals surface area contributed by atoms with E-state index in [0.717, 1.165) is 13.0 Å². The van der Waals surface area contributed by atoms with E-state index in [-0.39, 0.29) is 5.41 Å².